The molecule has 0 spiro atoms. The van der Waals surface area contributed by atoms with E-state index in [1.165, 1.54) is 22.5 Å². The normalized spacial score (nSPS) is 13.8. The van der Waals surface area contributed by atoms with Gasteiger partial charge in [-0.3, -0.25) is 20.3 Å². The number of aromatic nitrogens is 3. The predicted octanol–water partition coefficient (Wildman–Crippen LogP) is 2.59. The summed E-state index contributed by atoms with van der Waals surface area (Å²) in [6, 6.07) is 4.59. The van der Waals surface area contributed by atoms with Crippen molar-refractivity contribution < 1.29 is 9.72 Å². The highest BCUT2D eigenvalue weighted by Crippen LogP contribution is 2.31. The number of aryl methyl sites for hydroxylation is 1. The average Bonchev–Trinajstić information content (AvgIpc) is 3.27. The largest absolute Gasteiger partial charge is 0.366 e. The standard InChI is InChI=1S/C16H20N6O3S/c1-3-26-16-18-17-11(2)21(16)19-15(23)12-6-7-13(14(10-12)22(24)25)20-8-4-5-9-20/h6-7,10H,3-5,8-9H2,1-2H3,(H,19,23). The van der Waals surface area contributed by atoms with Crippen LogP contribution in [0.15, 0.2) is 23.4 Å². The molecule has 1 saturated heterocycles. The Morgan fingerprint density at radius 2 is 2.08 bits per heavy atom. The van der Waals surface area contributed by atoms with Crippen LogP contribution in [-0.4, -0.2) is 44.5 Å². The third-order valence-electron chi connectivity index (χ3n) is 4.16. The molecule has 1 aliphatic rings. The van der Waals surface area contributed by atoms with E-state index in [0.717, 1.165) is 31.7 Å². The van der Waals surface area contributed by atoms with Gasteiger partial charge in [-0.2, -0.15) is 0 Å². The summed E-state index contributed by atoms with van der Waals surface area (Å²) in [5.41, 5.74) is 3.44. The number of thioether (sulfide) groups is 1. The summed E-state index contributed by atoms with van der Waals surface area (Å²) >= 11 is 1.45. The zero-order valence-corrected chi connectivity index (χ0v) is 15.5. The van der Waals surface area contributed by atoms with Crippen LogP contribution in [0.1, 0.15) is 35.9 Å². The summed E-state index contributed by atoms with van der Waals surface area (Å²) < 4.78 is 1.50. The second-order valence-electron chi connectivity index (χ2n) is 5.89. The molecule has 1 amide bonds. The molecule has 1 N–H and O–H groups in total. The Bertz CT molecular complexity index is 831. The Morgan fingerprint density at radius 1 is 1.35 bits per heavy atom. The summed E-state index contributed by atoms with van der Waals surface area (Å²) in [7, 11) is 0. The van der Waals surface area contributed by atoms with Crippen LogP contribution in [0.25, 0.3) is 0 Å². The van der Waals surface area contributed by atoms with E-state index in [-0.39, 0.29) is 11.3 Å². The Morgan fingerprint density at radius 3 is 2.73 bits per heavy atom. The zero-order chi connectivity index (χ0) is 18.7. The lowest BCUT2D eigenvalue weighted by Gasteiger charge is -2.18. The molecule has 0 unspecified atom stereocenters. The van der Waals surface area contributed by atoms with Crippen LogP contribution in [0.4, 0.5) is 11.4 Å². The molecule has 0 bridgehead atoms. The Hall–Kier alpha value is -2.62. The van der Waals surface area contributed by atoms with Gasteiger partial charge in [-0.25, -0.2) is 4.68 Å². The smallest absolute Gasteiger partial charge is 0.293 e. The number of nitro benzene ring substituents is 1. The highest BCUT2D eigenvalue weighted by Gasteiger charge is 2.24. The van der Waals surface area contributed by atoms with Crippen molar-refractivity contribution in [3.8, 4) is 0 Å². The fraction of sp³-hybridized carbons (Fsp3) is 0.438. The van der Waals surface area contributed by atoms with Gasteiger partial charge in [-0.1, -0.05) is 18.7 Å². The van der Waals surface area contributed by atoms with Crippen LogP contribution >= 0.6 is 11.8 Å². The lowest BCUT2D eigenvalue weighted by molar-refractivity contribution is -0.384. The van der Waals surface area contributed by atoms with Gasteiger partial charge in [-0.15, -0.1) is 10.2 Å². The topological polar surface area (TPSA) is 106 Å². The van der Waals surface area contributed by atoms with E-state index in [2.05, 4.69) is 15.6 Å². The quantitative estimate of drug-likeness (QED) is 0.469. The van der Waals surface area contributed by atoms with Crippen molar-refractivity contribution >= 4 is 29.0 Å². The van der Waals surface area contributed by atoms with Crippen molar-refractivity contribution in [2.45, 2.75) is 31.8 Å². The summed E-state index contributed by atoms with van der Waals surface area (Å²) in [6.07, 6.45) is 2.04. The molecule has 1 aromatic carbocycles. The van der Waals surface area contributed by atoms with Crippen molar-refractivity contribution in [2.75, 3.05) is 29.2 Å². The molecule has 3 rings (SSSR count). The van der Waals surface area contributed by atoms with Gasteiger partial charge >= 0.3 is 0 Å². The van der Waals surface area contributed by atoms with E-state index in [9.17, 15) is 14.9 Å². The monoisotopic (exact) mass is 376 g/mol. The summed E-state index contributed by atoms with van der Waals surface area (Å²) in [5.74, 6) is 0.878. The van der Waals surface area contributed by atoms with E-state index in [1.54, 1.807) is 19.1 Å². The van der Waals surface area contributed by atoms with Crippen molar-refractivity contribution in [2.24, 2.45) is 0 Å². The number of nitrogens with zero attached hydrogens (tertiary/aromatic N) is 5. The van der Waals surface area contributed by atoms with E-state index in [1.807, 2.05) is 11.8 Å². The average molecular weight is 376 g/mol. The predicted molar refractivity (Wildman–Crippen MR) is 99.4 cm³/mol. The number of nitrogens with one attached hydrogen (secondary N) is 1. The molecule has 10 heteroatoms. The Balaban J connectivity index is 1.87. The van der Waals surface area contributed by atoms with E-state index >= 15 is 0 Å². The zero-order valence-electron chi connectivity index (χ0n) is 14.6. The first-order chi connectivity index (χ1) is 12.5. The molecular formula is C16H20N6O3S. The fourth-order valence-corrected chi connectivity index (χ4v) is 3.56. The summed E-state index contributed by atoms with van der Waals surface area (Å²) in [5, 5.41) is 20.0. The first-order valence-electron chi connectivity index (χ1n) is 8.40. The highest BCUT2D eigenvalue weighted by molar-refractivity contribution is 7.99. The molecule has 1 aromatic heterocycles. The molecule has 2 aromatic rings. The van der Waals surface area contributed by atoms with Crippen LogP contribution in [0.3, 0.4) is 0 Å². The maximum atomic E-state index is 12.6. The van der Waals surface area contributed by atoms with Gasteiger partial charge in [0.1, 0.15) is 11.5 Å². The molecule has 0 saturated carbocycles. The SMILES string of the molecule is CCSc1nnc(C)n1NC(=O)c1ccc(N2CCCC2)c([N+](=O)[O-])c1. The lowest BCUT2D eigenvalue weighted by Crippen LogP contribution is -2.25. The lowest BCUT2D eigenvalue weighted by atomic mass is 10.1. The van der Waals surface area contributed by atoms with Crippen molar-refractivity contribution in [3.63, 3.8) is 0 Å². The van der Waals surface area contributed by atoms with Crippen LogP contribution in [-0.2, 0) is 0 Å². The van der Waals surface area contributed by atoms with Crippen LogP contribution in [0.5, 0.6) is 0 Å². The first-order valence-corrected chi connectivity index (χ1v) is 9.39. The fourth-order valence-electron chi connectivity index (χ4n) is 2.90. The van der Waals surface area contributed by atoms with Crippen LogP contribution in [0, 0.1) is 17.0 Å². The molecular weight excluding hydrogens is 356 g/mol. The van der Waals surface area contributed by atoms with Gasteiger partial charge in [0.05, 0.1) is 4.92 Å². The number of carbonyl (C=O) groups is 1. The second-order valence-corrected chi connectivity index (χ2v) is 7.13. The number of hydrogen-bond acceptors (Lipinski definition) is 7. The second kappa shape index (κ2) is 7.73. The minimum atomic E-state index is -0.443. The summed E-state index contributed by atoms with van der Waals surface area (Å²) in [6.45, 7) is 5.29. The van der Waals surface area contributed by atoms with E-state index < -0.39 is 10.8 Å². The van der Waals surface area contributed by atoms with Crippen LogP contribution in [0.2, 0.25) is 0 Å². The van der Waals surface area contributed by atoms with Gasteiger partial charge in [0, 0.05) is 24.7 Å². The number of hydrogen-bond donors (Lipinski definition) is 1. The van der Waals surface area contributed by atoms with Gasteiger partial charge in [0.2, 0.25) is 5.16 Å². The number of rotatable bonds is 6. The number of carbonyl (C=O) groups excluding carboxylic acids is 1. The third-order valence-corrected chi connectivity index (χ3v) is 4.97. The number of anilines is 1. The number of benzene rings is 1. The maximum absolute atomic E-state index is 12.6. The van der Waals surface area contributed by atoms with Crippen LogP contribution < -0.4 is 10.3 Å². The minimum absolute atomic E-state index is 0.0526. The molecule has 1 fully saturated rings. The maximum Gasteiger partial charge on any atom is 0.293 e. The van der Waals surface area contributed by atoms with Gasteiger partial charge in [0.15, 0.2) is 0 Å². The first kappa shape index (κ1) is 18.2. The Kier molecular flexibility index (Phi) is 5.40. The molecule has 138 valence electrons. The molecule has 0 atom stereocenters. The molecule has 2 heterocycles. The molecule has 0 aliphatic carbocycles. The molecule has 0 radical (unpaired) electrons. The van der Waals surface area contributed by atoms with E-state index in [4.69, 9.17) is 0 Å². The molecule has 1 aliphatic heterocycles. The summed E-state index contributed by atoms with van der Waals surface area (Å²) in [4.78, 5) is 25.6. The van der Waals surface area contributed by atoms with Crippen molar-refractivity contribution in [1.82, 2.24) is 14.9 Å². The third kappa shape index (κ3) is 3.64. The molecule has 9 nitrogen and oxygen atoms in total. The van der Waals surface area contributed by atoms with Gasteiger partial charge < -0.3 is 4.90 Å². The van der Waals surface area contributed by atoms with Crippen molar-refractivity contribution in [1.29, 1.82) is 0 Å². The van der Waals surface area contributed by atoms with Gasteiger partial charge in [0.25, 0.3) is 11.6 Å². The highest BCUT2D eigenvalue weighted by atomic mass is 32.2. The van der Waals surface area contributed by atoms with Gasteiger partial charge in [-0.05, 0) is 37.7 Å². The van der Waals surface area contributed by atoms with Crippen molar-refractivity contribution in [3.05, 3.63) is 39.7 Å². The molecule has 26 heavy (non-hydrogen) atoms. The number of amides is 1. The number of nitro groups is 1. The Labute approximate surface area is 154 Å². The minimum Gasteiger partial charge on any atom is -0.366 e. The van der Waals surface area contributed by atoms with E-state index in [0.29, 0.717) is 16.7 Å².